The van der Waals surface area contributed by atoms with Crippen LogP contribution in [0.15, 0.2) is 0 Å². The zero-order valence-corrected chi connectivity index (χ0v) is 18.7. The Kier molecular flexibility index (Phi) is 13.0. The van der Waals surface area contributed by atoms with Gasteiger partial charge in [-0.1, -0.05) is 0 Å². The van der Waals surface area contributed by atoms with Gasteiger partial charge in [0.1, 0.15) is 18.1 Å². The largest absolute Gasteiger partial charge is 0.480 e. The van der Waals surface area contributed by atoms with Gasteiger partial charge in [-0.25, -0.2) is 4.79 Å². The SMILES string of the molecule is NC(=O)CC[C@H](NC(=O)[C@H](CC(N)=O)NC(=O)[C@H](CCC(N)=O)NC(=O)[C@@H](N)CC(N)=O)C(=O)O. The first kappa shape index (κ1) is 30.7. The maximum absolute atomic E-state index is 12.7. The number of carboxylic acid groups (broad SMARTS) is 1. The molecule has 0 unspecified atom stereocenters. The summed E-state index contributed by atoms with van der Waals surface area (Å²) in [5.41, 5.74) is 25.6. The normalized spacial score (nSPS) is 13.9. The van der Waals surface area contributed by atoms with E-state index < -0.39 is 84.3 Å². The van der Waals surface area contributed by atoms with Crippen LogP contribution < -0.4 is 44.6 Å². The van der Waals surface area contributed by atoms with Gasteiger partial charge in [0.25, 0.3) is 0 Å². The van der Waals surface area contributed by atoms with Crippen LogP contribution >= 0.6 is 0 Å². The molecule has 0 aliphatic heterocycles. The van der Waals surface area contributed by atoms with Crippen molar-refractivity contribution in [3.63, 3.8) is 0 Å². The van der Waals surface area contributed by atoms with E-state index in [2.05, 4.69) is 16.0 Å². The molecule has 0 spiro atoms. The number of aliphatic carboxylic acids is 1. The number of nitrogens with two attached hydrogens (primary N) is 5. The van der Waals surface area contributed by atoms with Crippen LogP contribution in [0.2, 0.25) is 0 Å². The minimum Gasteiger partial charge on any atom is -0.480 e. The third kappa shape index (κ3) is 13.1. The third-order valence-electron chi connectivity index (χ3n) is 4.40. The van der Waals surface area contributed by atoms with Gasteiger partial charge in [0, 0.05) is 12.8 Å². The standard InChI is InChI=1S/C18H30N8O9/c19-7(5-13(22)29)15(31)24-8(1-3-11(20)27)16(32)26-10(6-14(23)30)17(33)25-9(18(34)35)2-4-12(21)28/h7-10H,1-6,19H2,(H2,20,27)(H2,21,28)(H2,22,29)(H2,23,30)(H,24,31)(H,25,33)(H,26,32)(H,34,35)/t7-,8-,9-,10-/m0/s1. The van der Waals surface area contributed by atoms with Gasteiger partial charge >= 0.3 is 5.97 Å². The van der Waals surface area contributed by atoms with Gasteiger partial charge in [0.15, 0.2) is 0 Å². The number of primary amides is 4. The summed E-state index contributed by atoms with van der Waals surface area (Å²) in [7, 11) is 0. The lowest BCUT2D eigenvalue weighted by atomic mass is 10.1. The van der Waals surface area contributed by atoms with Gasteiger partial charge in [-0.2, -0.15) is 0 Å². The average molecular weight is 502 g/mol. The van der Waals surface area contributed by atoms with Crippen LogP contribution in [0.4, 0.5) is 0 Å². The van der Waals surface area contributed by atoms with E-state index in [4.69, 9.17) is 28.7 Å². The number of amides is 7. The molecule has 4 atom stereocenters. The molecule has 0 radical (unpaired) electrons. The molecule has 35 heavy (non-hydrogen) atoms. The first-order chi connectivity index (χ1) is 16.1. The van der Waals surface area contributed by atoms with Crippen molar-refractivity contribution in [2.24, 2.45) is 28.7 Å². The molecule has 0 aliphatic carbocycles. The number of carbonyl (C=O) groups excluding carboxylic acids is 7. The van der Waals surface area contributed by atoms with Crippen LogP contribution in [0.3, 0.4) is 0 Å². The number of hydrogen-bond acceptors (Lipinski definition) is 9. The molecule has 0 fully saturated rings. The van der Waals surface area contributed by atoms with Gasteiger partial charge in [-0.15, -0.1) is 0 Å². The number of carboxylic acids is 1. The van der Waals surface area contributed by atoms with Crippen LogP contribution in [0, 0.1) is 0 Å². The maximum atomic E-state index is 12.7. The molecule has 0 aromatic carbocycles. The van der Waals surface area contributed by atoms with Crippen molar-refractivity contribution >= 4 is 47.3 Å². The van der Waals surface area contributed by atoms with E-state index in [-0.39, 0.29) is 25.7 Å². The van der Waals surface area contributed by atoms with Crippen molar-refractivity contribution in [1.82, 2.24) is 16.0 Å². The summed E-state index contributed by atoms with van der Waals surface area (Å²) in [4.78, 5) is 93.3. The van der Waals surface area contributed by atoms with Crippen LogP contribution in [0.5, 0.6) is 0 Å². The van der Waals surface area contributed by atoms with Crippen molar-refractivity contribution in [3.8, 4) is 0 Å². The predicted octanol–water partition coefficient (Wildman–Crippen LogP) is -5.87. The summed E-state index contributed by atoms with van der Waals surface area (Å²) >= 11 is 0. The summed E-state index contributed by atoms with van der Waals surface area (Å²) in [5, 5.41) is 15.6. The van der Waals surface area contributed by atoms with Gasteiger partial charge < -0.3 is 49.7 Å². The lowest BCUT2D eigenvalue weighted by molar-refractivity contribution is -0.142. The van der Waals surface area contributed by atoms with Gasteiger partial charge in [-0.05, 0) is 12.8 Å². The van der Waals surface area contributed by atoms with Crippen molar-refractivity contribution in [3.05, 3.63) is 0 Å². The van der Waals surface area contributed by atoms with Gasteiger partial charge in [-0.3, -0.25) is 33.6 Å². The van der Waals surface area contributed by atoms with Crippen molar-refractivity contribution < 1.29 is 43.5 Å². The van der Waals surface area contributed by atoms with E-state index in [1.807, 2.05) is 0 Å². The van der Waals surface area contributed by atoms with Gasteiger partial charge in [0.2, 0.25) is 41.4 Å². The molecular formula is C18H30N8O9. The van der Waals surface area contributed by atoms with E-state index in [0.29, 0.717) is 0 Å². The Labute approximate surface area is 198 Å². The minimum atomic E-state index is -1.69. The molecule has 0 heterocycles. The van der Waals surface area contributed by atoms with Crippen LogP contribution in [-0.2, 0) is 38.4 Å². The molecule has 196 valence electrons. The van der Waals surface area contributed by atoms with Gasteiger partial charge in [0.05, 0.1) is 18.9 Å². The smallest absolute Gasteiger partial charge is 0.326 e. The molecule has 0 aliphatic rings. The second kappa shape index (κ2) is 14.8. The second-order valence-electron chi connectivity index (χ2n) is 7.48. The summed E-state index contributed by atoms with van der Waals surface area (Å²) in [5.74, 6) is -8.31. The number of hydrogen-bond donors (Lipinski definition) is 9. The van der Waals surface area contributed by atoms with E-state index in [1.165, 1.54) is 0 Å². The third-order valence-corrected chi connectivity index (χ3v) is 4.40. The number of nitrogens with one attached hydrogen (secondary N) is 3. The van der Waals surface area contributed by atoms with E-state index >= 15 is 0 Å². The summed E-state index contributed by atoms with van der Waals surface area (Å²) < 4.78 is 0. The fraction of sp³-hybridized carbons (Fsp3) is 0.556. The molecule has 0 saturated heterocycles. The highest BCUT2D eigenvalue weighted by Gasteiger charge is 2.31. The molecule has 7 amide bonds. The Morgan fingerprint density at radius 2 is 0.971 bits per heavy atom. The Balaban J connectivity index is 5.60. The molecule has 0 rings (SSSR count). The quantitative estimate of drug-likeness (QED) is 0.0906. The number of carbonyl (C=O) groups is 8. The Morgan fingerprint density at radius 3 is 1.40 bits per heavy atom. The maximum Gasteiger partial charge on any atom is 0.326 e. The molecule has 17 nitrogen and oxygen atoms in total. The average Bonchev–Trinajstić information content (AvgIpc) is 2.71. The second-order valence-corrected chi connectivity index (χ2v) is 7.48. The van der Waals surface area contributed by atoms with Crippen molar-refractivity contribution in [1.29, 1.82) is 0 Å². The van der Waals surface area contributed by atoms with E-state index in [9.17, 15) is 43.5 Å². The number of rotatable bonds is 17. The van der Waals surface area contributed by atoms with Crippen LogP contribution in [0.1, 0.15) is 38.5 Å². The molecule has 0 aromatic rings. The Morgan fingerprint density at radius 1 is 0.571 bits per heavy atom. The highest BCUT2D eigenvalue weighted by atomic mass is 16.4. The first-order valence-corrected chi connectivity index (χ1v) is 10.2. The fourth-order valence-electron chi connectivity index (χ4n) is 2.64. The van der Waals surface area contributed by atoms with Crippen LogP contribution in [-0.4, -0.2) is 76.6 Å². The fourth-order valence-corrected chi connectivity index (χ4v) is 2.64. The van der Waals surface area contributed by atoms with Crippen LogP contribution in [0.25, 0.3) is 0 Å². The highest BCUT2D eigenvalue weighted by Crippen LogP contribution is 2.04. The Hall–Kier alpha value is -4.28. The summed E-state index contributed by atoms with van der Waals surface area (Å²) in [6.45, 7) is 0. The highest BCUT2D eigenvalue weighted by molar-refractivity contribution is 5.96. The van der Waals surface area contributed by atoms with E-state index in [1.54, 1.807) is 0 Å². The monoisotopic (exact) mass is 502 g/mol. The van der Waals surface area contributed by atoms with E-state index in [0.717, 1.165) is 0 Å². The molecule has 17 heteroatoms. The molecular weight excluding hydrogens is 472 g/mol. The minimum absolute atomic E-state index is 0.350. The topological polar surface area (TPSA) is 323 Å². The first-order valence-electron chi connectivity index (χ1n) is 10.2. The zero-order valence-electron chi connectivity index (χ0n) is 18.7. The molecule has 0 aromatic heterocycles. The molecule has 0 saturated carbocycles. The predicted molar refractivity (Wildman–Crippen MR) is 116 cm³/mol. The van der Waals surface area contributed by atoms with Crippen molar-refractivity contribution in [2.45, 2.75) is 62.7 Å². The molecule has 0 bridgehead atoms. The lowest BCUT2D eigenvalue weighted by Gasteiger charge is -2.24. The van der Waals surface area contributed by atoms with Crippen molar-refractivity contribution in [2.75, 3.05) is 0 Å². The molecule has 14 N–H and O–H groups in total. The lowest BCUT2D eigenvalue weighted by Crippen LogP contribution is -2.58. The Bertz CT molecular complexity index is 863. The summed E-state index contributed by atoms with van der Waals surface area (Å²) in [6.07, 6.45) is -2.80. The zero-order chi connectivity index (χ0) is 27.3. The summed E-state index contributed by atoms with van der Waals surface area (Å²) in [6, 6.07) is -6.20.